The predicted octanol–water partition coefficient (Wildman–Crippen LogP) is 2.88. The van der Waals surface area contributed by atoms with Gasteiger partial charge in [-0.3, -0.25) is 9.59 Å². The summed E-state index contributed by atoms with van der Waals surface area (Å²) in [4.78, 5) is 37.5. The summed E-state index contributed by atoms with van der Waals surface area (Å²) < 4.78 is 36.2. The van der Waals surface area contributed by atoms with Gasteiger partial charge in [-0.2, -0.15) is 0 Å². The number of carbonyl (C=O) groups is 3. The molecule has 0 spiro atoms. The molecule has 27 heavy (non-hydrogen) atoms. The first-order chi connectivity index (χ1) is 12.8. The van der Waals surface area contributed by atoms with Gasteiger partial charge in [-0.15, -0.1) is 0 Å². The van der Waals surface area contributed by atoms with Crippen molar-refractivity contribution in [2.24, 2.45) is 5.92 Å². The first-order valence-corrected chi connectivity index (χ1v) is 8.82. The lowest BCUT2D eigenvalue weighted by Gasteiger charge is -2.38. The molecule has 1 aromatic carbocycles. The van der Waals surface area contributed by atoms with E-state index < -0.39 is 35.7 Å². The Labute approximate surface area is 156 Å². The molecule has 2 rings (SSSR count). The maximum Gasteiger partial charge on any atom is 0.409 e. The first-order valence-electron chi connectivity index (χ1n) is 8.82. The van der Waals surface area contributed by atoms with Gasteiger partial charge in [0.1, 0.15) is 12.2 Å². The van der Waals surface area contributed by atoms with Crippen LogP contribution in [0.25, 0.3) is 0 Å². The molecule has 1 amide bonds. The lowest BCUT2D eigenvalue weighted by atomic mass is 9.84. The van der Waals surface area contributed by atoms with Gasteiger partial charge >= 0.3 is 12.1 Å². The maximum absolute atomic E-state index is 13.5. The van der Waals surface area contributed by atoms with E-state index in [0.717, 1.165) is 12.1 Å². The standard InChI is InChI=1S/C19H23F2NO5/c1-3-27-18(24)11-17(23)13-6-7-22(19(25)26-2)14(10-13)8-12-4-5-15(20)16(21)9-12/h4-5,9,13-14H,3,6-8,10-11H2,1-2H3/t13-,14+/m1/s1. The second kappa shape index (κ2) is 9.43. The van der Waals surface area contributed by atoms with Gasteiger partial charge in [-0.05, 0) is 43.9 Å². The van der Waals surface area contributed by atoms with Crippen molar-refractivity contribution >= 4 is 17.8 Å². The summed E-state index contributed by atoms with van der Waals surface area (Å²) in [5.41, 5.74) is 0.506. The SMILES string of the molecule is CCOC(=O)CC(=O)[C@@H]1CCN(C(=O)OC)[C@@H](Cc2ccc(F)c(F)c2)C1. The fourth-order valence-electron chi connectivity index (χ4n) is 3.33. The topological polar surface area (TPSA) is 72.9 Å². The highest BCUT2D eigenvalue weighted by atomic mass is 19.2. The van der Waals surface area contributed by atoms with Crippen LogP contribution in [0.15, 0.2) is 18.2 Å². The van der Waals surface area contributed by atoms with Crippen LogP contribution >= 0.6 is 0 Å². The summed E-state index contributed by atoms with van der Waals surface area (Å²) in [6.45, 7) is 2.14. The number of amides is 1. The number of likely N-dealkylation sites (tertiary alicyclic amines) is 1. The smallest absolute Gasteiger partial charge is 0.409 e. The number of Topliss-reactive ketones (excluding diaryl/α,β-unsaturated/α-hetero) is 1. The van der Waals surface area contributed by atoms with Gasteiger partial charge < -0.3 is 14.4 Å². The van der Waals surface area contributed by atoms with Gasteiger partial charge in [0.05, 0.1) is 13.7 Å². The normalized spacial score (nSPS) is 19.5. The number of piperidine rings is 1. The van der Waals surface area contributed by atoms with Crippen molar-refractivity contribution in [1.82, 2.24) is 4.90 Å². The van der Waals surface area contributed by atoms with Crippen LogP contribution in [0.5, 0.6) is 0 Å². The zero-order valence-corrected chi connectivity index (χ0v) is 15.4. The minimum Gasteiger partial charge on any atom is -0.466 e. The fourth-order valence-corrected chi connectivity index (χ4v) is 3.33. The van der Waals surface area contributed by atoms with E-state index in [-0.39, 0.29) is 31.8 Å². The third-order valence-corrected chi connectivity index (χ3v) is 4.66. The number of hydrogen-bond donors (Lipinski definition) is 0. The molecule has 1 saturated heterocycles. The van der Waals surface area contributed by atoms with Crippen LogP contribution in [-0.4, -0.2) is 49.0 Å². The molecule has 0 unspecified atom stereocenters. The molecule has 1 heterocycles. The van der Waals surface area contributed by atoms with Crippen molar-refractivity contribution in [2.45, 2.75) is 38.6 Å². The van der Waals surface area contributed by atoms with E-state index in [1.165, 1.54) is 18.1 Å². The second-order valence-electron chi connectivity index (χ2n) is 6.44. The number of rotatable bonds is 6. The molecule has 0 aromatic heterocycles. The Morgan fingerprint density at radius 1 is 1.22 bits per heavy atom. The molecule has 0 aliphatic carbocycles. The van der Waals surface area contributed by atoms with E-state index in [4.69, 9.17) is 9.47 Å². The zero-order chi connectivity index (χ0) is 20.0. The lowest BCUT2D eigenvalue weighted by molar-refractivity contribution is -0.146. The van der Waals surface area contributed by atoms with E-state index in [1.807, 2.05) is 0 Å². The molecule has 1 aliphatic heterocycles. The summed E-state index contributed by atoms with van der Waals surface area (Å²) >= 11 is 0. The van der Waals surface area contributed by atoms with E-state index in [9.17, 15) is 23.2 Å². The Bertz CT molecular complexity index is 709. The number of halogens is 2. The Morgan fingerprint density at radius 2 is 1.96 bits per heavy atom. The molecule has 1 fully saturated rings. The van der Waals surface area contributed by atoms with Crippen LogP contribution in [0.3, 0.4) is 0 Å². The number of carbonyl (C=O) groups excluding carboxylic acids is 3. The molecule has 6 nitrogen and oxygen atoms in total. The van der Waals surface area contributed by atoms with Crippen LogP contribution in [-0.2, 0) is 25.5 Å². The highest BCUT2D eigenvalue weighted by Gasteiger charge is 2.35. The van der Waals surface area contributed by atoms with E-state index >= 15 is 0 Å². The largest absolute Gasteiger partial charge is 0.466 e. The molecule has 8 heteroatoms. The highest BCUT2D eigenvalue weighted by Crippen LogP contribution is 2.28. The third-order valence-electron chi connectivity index (χ3n) is 4.66. The van der Waals surface area contributed by atoms with Gasteiger partial charge in [-0.25, -0.2) is 13.6 Å². The van der Waals surface area contributed by atoms with Crippen molar-refractivity contribution in [3.05, 3.63) is 35.4 Å². The van der Waals surface area contributed by atoms with Crippen molar-refractivity contribution < 1.29 is 32.6 Å². The van der Waals surface area contributed by atoms with Gasteiger partial charge in [0.2, 0.25) is 0 Å². The number of hydrogen-bond acceptors (Lipinski definition) is 5. The van der Waals surface area contributed by atoms with E-state index in [2.05, 4.69) is 0 Å². The average molecular weight is 383 g/mol. The number of esters is 1. The quantitative estimate of drug-likeness (QED) is 0.558. The molecular formula is C19H23F2NO5. The summed E-state index contributed by atoms with van der Waals surface area (Å²) in [6.07, 6.45) is 0.108. The Morgan fingerprint density at radius 3 is 2.59 bits per heavy atom. The number of ketones is 1. The number of ether oxygens (including phenoxy) is 2. The lowest BCUT2D eigenvalue weighted by Crippen LogP contribution is -2.48. The van der Waals surface area contributed by atoms with Gasteiger partial charge in [0.15, 0.2) is 11.6 Å². The number of methoxy groups -OCH3 is 1. The van der Waals surface area contributed by atoms with Crippen molar-refractivity contribution in [3.8, 4) is 0 Å². The van der Waals surface area contributed by atoms with Crippen molar-refractivity contribution in [1.29, 1.82) is 0 Å². The minimum atomic E-state index is -0.970. The van der Waals surface area contributed by atoms with E-state index in [0.29, 0.717) is 18.4 Å². The minimum absolute atomic E-state index is 0.200. The van der Waals surface area contributed by atoms with Gasteiger partial charge in [0.25, 0.3) is 0 Å². The summed E-state index contributed by atoms with van der Waals surface area (Å²) in [5.74, 6) is -3.15. The van der Waals surface area contributed by atoms with Crippen LogP contribution < -0.4 is 0 Å². The Hall–Kier alpha value is -2.51. The molecule has 0 saturated carbocycles. The third kappa shape index (κ3) is 5.48. The molecular weight excluding hydrogens is 360 g/mol. The molecule has 0 bridgehead atoms. The first kappa shape index (κ1) is 20.8. The highest BCUT2D eigenvalue weighted by molar-refractivity contribution is 5.96. The van der Waals surface area contributed by atoms with Gasteiger partial charge in [-0.1, -0.05) is 6.07 Å². The van der Waals surface area contributed by atoms with Gasteiger partial charge in [0, 0.05) is 18.5 Å². The van der Waals surface area contributed by atoms with Crippen LogP contribution in [0.4, 0.5) is 13.6 Å². The number of nitrogens with zero attached hydrogens (tertiary/aromatic N) is 1. The molecule has 2 atom stereocenters. The average Bonchev–Trinajstić information content (AvgIpc) is 2.64. The zero-order valence-electron chi connectivity index (χ0n) is 15.4. The Balaban J connectivity index is 2.12. The molecule has 0 N–H and O–H groups in total. The maximum atomic E-state index is 13.5. The van der Waals surface area contributed by atoms with Crippen molar-refractivity contribution in [2.75, 3.05) is 20.3 Å². The number of benzene rings is 1. The van der Waals surface area contributed by atoms with Crippen LogP contribution in [0.2, 0.25) is 0 Å². The van der Waals surface area contributed by atoms with Crippen molar-refractivity contribution in [3.63, 3.8) is 0 Å². The summed E-state index contributed by atoms with van der Waals surface area (Å²) in [7, 11) is 1.26. The Kier molecular flexibility index (Phi) is 7.27. The molecule has 1 aliphatic rings. The van der Waals surface area contributed by atoms with E-state index in [1.54, 1.807) is 6.92 Å². The monoisotopic (exact) mass is 383 g/mol. The predicted molar refractivity (Wildman–Crippen MR) is 91.9 cm³/mol. The molecule has 0 radical (unpaired) electrons. The molecule has 1 aromatic rings. The fraction of sp³-hybridized carbons (Fsp3) is 0.526. The summed E-state index contributed by atoms with van der Waals surface area (Å²) in [5, 5.41) is 0. The molecule has 148 valence electrons. The second-order valence-corrected chi connectivity index (χ2v) is 6.44. The van der Waals surface area contributed by atoms with Crippen LogP contribution in [0, 0.1) is 17.6 Å². The van der Waals surface area contributed by atoms with Crippen LogP contribution in [0.1, 0.15) is 31.7 Å². The summed E-state index contributed by atoms with van der Waals surface area (Å²) in [6, 6.07) is 3.12.